The molecule has 1 aromatic rings. The summed E-state index contributed by atoms with van der Waals surface area (Å²) < 4.78 is 0. The number of benzene rings is 1. The van der Waals surface area contributed by atoms with Gasteiger partial charge in [0, 0.05) is 6.54 Å². The van der Waals surface area contributed by atoms with E-state index >= 15 is 0 Å². The van der Waals surface area contributed by atoms with Crippen LogP contribution in [0.2, 0.25) is 0 Å². The van der Waals surface area contributed by atoms with Gasteiger partial charge in [-0.25, -0.2) is 0 Å². The Bertz CT molecular complexity index is 369. The van der Waals surface area contributed by atoms with Crippen LogP contribution in [0.1, 0.15) is 42.1 Å². The first kappa shape index (κ1) is 12.6. The van der Waals surface area contributed by atoms with E-state index in [1.807, 2.05) is 0 Å². The fraction of sp³-hybridized carbons (Fsp3) is 0.600. The van der Waals surface area contributed by atoms with E-state index in [1.165, 1.54) is 37.1 Å². The van der Waals surface area contributed by atoms with Gasteiger partial charge in [0.15, 0.2) is 0 Å². The molecule has 0 aliphatic carbocycles. The zero-order valence-electron chi connectivity index (χ0n) is 10.9. The van der Waals surface area contributed by atoms with Crippen LogP contribution < -0.4 is 0 Å². The molecule has 2 nitrogen and oxygen atoms in total. The summed E-state index contributed by atoms with van der Waals surface area (Å²) in [7, 11) is 0. The molecule has 17 heavy (non-hydrogen) atoms. The Morgan fingerprint density at radius 3 is 2.65 bits per heavy atom. The molecule has 94 valence electrons. The third-order valence-electron chi connectivity index (χ3n) is 3.71. The lowest BCUT2D eigenvalue weighted by molar-refractivity contribution is 0.148. The highest BCUT2D eigenvalue weighted by molar-refractivity contribution is 5.32. The Balaban J connectivity index is 1.93. The minimum atomic E-state index is -0.310. The van der Waals surface area contributed by atoms with Gasteiger partial charge in [-0.2, -0.15) is 0 Å². The Morgan fingerprint density at radius 2 is 1.94 bits per heavy atom. The molecule has 2 heteroatoms. The normalized spacial score (nSPS) is 18.5. The van der Waals surface area contributed by atoms with Gasteiger partial charge in [0.25, 0.3) is 0 Å². The molecule has 2 rings (SSSR count). The number of likely N-dealkylation sites (tertiary alicyclic amines) is 1. The first-order valence-electron chi connectivity index (χ1n) is 6.64. The Kier molecular flexibility index (Phi) is 4.19. The number of aliphatic hydroxyl groups is 1. The van der Waals surface area contributed by atoms with Crippen molar-refractivity contribution in [2.24, 2.45) is 0 Å². The van der Waals surface area contributed by atoms with Crippen LogP contribution in [0.5, 0.6) is 0 Å². The Morgan fingerprint density at radius 1 is 1.24 bits per heavy atom. The van der Waals surface area contributed by atoms with Crippen LogP contribution in [-0.4, -0.2) is 29.6 Å². The molecular weight excluding hydrogens is 210 g/mol. The lowest BCUT2D eigenvalue weighted by atomic mass is 9.99. The Hall–Kier alpha value is -0.860. The number of rotatable bonds is 4. The third kappa shape index (κ3) is 3.30. The van der Waals surface area contributed by atoms with Gasteiger partial charge in [-0.1, -0.05) is 23.8 Å². The summed E-state index contributed by atoms with van der Waals surface area (Å²) in [6.45, 7) is 7.59. The first-order valence-corrected chi connectivity index (χ1v) is 6.64. The highest BCUT2D eigenvalue weighted by Crippen LogP contribution is 2.22. The van der Waals surface area contributed by atoms with Crippen molar-refractivity contribution in [3.8, 4) is 0 Å². The second kappa shape index (κ2) is 5.65. The average Bonchev–Trinajstić information content (AvgIpc) is 2.82. The molecule has 0 radical (unpaired) electrons. The molecule has 1 aliphatic rings. The predicted octanol–water partition coefficient (Wildman–Crippen LogP) is 2.82. The summed E-state index contributed by atoms with van der Waals surface area (Å²) in [6.07, 6.45) is 3.18. The standard InChI is InChI=1S/C15H23NO/c1-12-5-6-13(2)14(11-12)15(17)7-10-16-8-3-4-9-16/h5-6,11,15,17H,3-4,7-10H2,1-2H3. The summed E-state index contributed by atoms with van der Waals surface area (Å²) in [5.41, 5.74) is 3.53. The van der Waals surface area contributed by atoms with E-state index in [2.05, 4.69) is 36.9 Å². The molecule has 1 aromatic carbocycles. The van der Waals surface area contributed by atoms with Crippen molar-refractivity contribution in [3.05, 3.63) is 34.9 Å². The van der Waals surface area contributed by atoms with Gasteiger partial charge in [0.05, 0.1) is 6.10 Å². The van der Waals surface area contributed by atoms with Gasteiger partial charge in [0.1, 0.15) is 0 Å². The Labute approximate surface area is 104 Å². The van der Waals surface area contributed by atoms with E-state index in [1.54, 1.807) is 0 Å². The number of aryl methyl sites for hydroxylation is 2. The number of hydrogen-bond donors (Lipinski definition) is 1. The van der Waals surface area contributed by atoms with Crippen LogP contribution >= 0.6 is 0 Å². The van der Waals surface area contributed by atoms with Crippen LogP contribution in [0.3, 0.4) is 0 Å². The summed E-state index contributed by atoms with van der Waals surface area (Å²) in [5.74, 6) is 0. The highest BCUT2D eigenvalue weighted by Gasteiger charge is 2.15. The maximum atomic E-state index is 10.3. The van der Waals surface area contributed by atoms with Crippen LogP contribution in [0.25, 0.3) is 0 Å². The monoisotopic (exact) mass is 233 g/mol. The van der Waals surface area contributed by atoms with E-state index in [0.717, 1.165) is 18.5 Å². The quantitative estimate of drug-likeness (QED) is 0.864. The van der Waals surface area contributed by atoms with E-state index in [9.17, 15) is 5.11 Å². The van der Waals surface area contributed by atoms with Crippen molar-refractivity contribution in [1.82, 2.24) is 4.90 Å². The van der Waals surface area contributed by atoms with E-state index in [-0.39, 0.29) is 6.10 Å². The molecule has 1 N–H and O–H groups in total. The fourth-order valence-electron chi connectivity index (χ4n) is 2.59. The number of aliphatic hydroxyl groups excluding tert-OH is 1. The molecule has 0 aromatic heterocycles. The van der Waals surface area contributed by atoms with Crippen molar-refractivity contribution >= 4 is 0 Å². The van der Waals surface area contributed by atoms with Crippen LogP contribution in [0.4, 0.5) is 0 Å². The van der Waals surface area contributed by atoms with Crippen molar-refractivity contribution in [1.29, 1.82) is 0 Å². The third-order valence-corrected chi connectivity index (χ3v) is 3.71. The fourth-order valence-corrected chi connectivity index (χ4v) is 2.59. The highest BCUT2D eigenvalue weighted by atomic mass is 16.3. The molecule has 1 fully saturated rings. The van der Waals surface area contributed by atoms with E-state index in [4.69, 9.17) is 0 Å². The zero-order chi connectivity index (χ0) is 12.3. The van der Waals surface area contributed by atoms with Crippen LogP contribution in [0.15, 0.2) is 18.2 Å². The summed E-state index contributed by atoms with van der Waals surface area (Å²) in [5, 5.41) is 10.3. The van der Waals surface area contributed by atoms with E-state index < -0.39 is 0 Å². The maximum Gasteiger partial charge on any atom is 0.0804 e. The molecule has 1 atom stereocenters. The molecule has 0 spiro atoms. The summed E-state index contributed by atoms with van der Waals surface area (Å²) >= 11 is 0. The minimum Gasteiger partial charge on any atom is -0.388 e. The SMILES string of the molecule is Cc1ccc(C)c(C(O)CCN2CCCC2)c1. The molecule has 1 unspecified atom stereocenters. The van der Waals surface area contributed by atoms with Gasteiger partial charge in [-0.05, 0) is 57.3 Å². The van der Waals surface area contributed by atoms with E-state index in [0.29, 0.717) is 0 Å². The largest absolute Gasteiger partial charge is 0.388 e. The molecular formula is C15H23NO. The zero-order valence-corrected chi connectivity index (χ0v) is 10.9. The summed E-state index contributed by atoms with van der Waals surface area (Å²) in [4.78, 5) is 2.45. The summed E-state index contributed by atoms with van der Waals surface area (Å²) in [6, 6.07) is 6.32. The number of hydrogen-bond acceptors (Lipinski definition) is 2. The predicted molar refractivity (Wildman–Crippen MR) is 71.2 cm³/mol. The molecule has 0 bridgehead atoms. The average molecular weight is 233 g/mol. The minimum absolute atomic E-state index is 0.310. The van der Waals surface area contributed by atoms with Crippen LogP contribution in [-0.2, 0) is 0 Å². The molecule has 0 amide bonds. The molecule has 1 heterocycles. The lowest BCUT2D eigenvalue weighted by Crippen LogP contribution is -2.22. The molecule has 0 saturated carbocycles. The van der Waals surface area contributed by atoms with Gasteiger partial charge < -0.3 is 10.0 Å². The van der Waals surface area contributed by atoms with Gasteiger partial charge in [-0.3, -0.25) is 0 Å². The second-order valence-electron chi connectivity index (χ2n) is 5.21. The first-order chi connectivity index (χ1) is 8.16. The van der Waals surface area contributed by atoms with Crippen LogP contribution in [0, 0.1) is 13.8 Å². The van der Waals surface area contributed by atoms with Crippen molar-refractivity contribution in [3.63, 3.8) is 0 Å². The molecule has 1 saturated heterocycles. The molecule has 1 aliphatic heterocycles. The second-order valence-corrected chi connectivity index (χ2v) is 5.21. The van der Waals surface area contributed by atoms with Crippen molar-refractivity contribution < 1.29 is 5.11 Å². The van der Waals surface area contributed by atoms with Gasteiger partial charge >= 0.3 is 0 Å². The lowest BCUT2D eigenvalue weighted by Gasteiger charge is -2.19. The van der Waals surface area contributed by atoms with Crippen molar-refractivity contribution in [2.45, 2.75) is 39.2 Å². The number of nitrogens with zero attached hydrogens (tertiary/aromatic N) is 1. The van der Waals surface area contributed by atoms with Gasteiger partial charge in [0.2, 0.25) is 0 Å². The maximum absolute atomic E-state index is 10.3. The topological polar surface area (TPSA) is 23.5 Å². The van der Waals surface area contributed by atoms with Gasteiger partial charge in [-0.15, -0.1) is 0 Å². The smallest absolute Gasteiger partial charge is 0.0804 e. The van der Waals surface area contributed by atoms with Crippen molar-refractivity contribution in [2.75, 3.05) is 19.6 Å².